The van der Waals surface area contributed by atoms with Crippen LogP contribution in [0.25, 0.3) is 16.5 Å². The molecule has 0 aliphatic heterocycles. The van der Waals surface area contributed by atoms with Gasteiger partial charge in [-0.15, -0.1) is 0 Å². The van der Waals surface area contributed by atoms with Gasteiger partial charge >= 0.3 is 6.61 Å². The van der Waals surface area contributed by atoms with Crippen molar-refractivity contribution in [1.29, 1.82) is 0 Å². The molecule has 1 aromatic carbocycles. The van der Waals surface area contributed by atoms with Gasteiger partial charge in [-0.25, -0.2) is 0 Å². The zero-order valence-corrected chi connectivity index (χ0v) is 8.25. The summed E-state index contributed by atoms with van der Waals surface area (Å²) in [6.45, 7) is -2.69. The summed E-state index contributed by atoms with van der Waals surface area (Å²) in [4.78, 5) is 2.56. The maximum absolute atomic E-state index is 12.0. The van der Waals surface area contributed by atoms with E-state index in [1.165, 1.54) is 6.07 Å². The van der Waals surface area contributed by atoms with Crippen LogP contribution in [-0.2, 0) is 0 Å². The molecule has 0 fully saturated rings. The summed E-state index contributed by atoms with van der Waals surface area (Å²) in [6, 6.07) is 6.37. The highest BCUT2D eigenvalue weighted by Gasteiger charge is 2.06. The average molecular weight is 225 g/mol. The Balaban J connectivity index is 2.77. The van der Waals surface area contributed by atoms with Crippen molar-refractivity contribution < 1.29 is 13.5 Å². The molecular formula is C10H9F2N3O. The number of hydrogen-bond acceptors (Lipinski definition) is 2. The number of benzene rings is 1. The van der Waals surface area contributed by atoms with E-state index in [1.54, 1.807) is 30.4 Å². The van der Waals surface area contributed by atoms with E-state index in [1.807, 2.05) is 0 Å². The number of para-hydroxylation sites is 1. The van der Waals surface area contributed by atoms with E-state index in [2.05, 4.69) is 14.8 Å². The lowest BCUT2D eigenvalue weighted by atomic mass is 10.2. The summed E-state index contributed by atoms with van der Waals surface area (Å²) >= 11 is 0. The van der Waals surface area contributed by atoms with Gasteiger partial charge in [-0.05, 0) is 11.6 Å². The minimum Gasteiger partial charge on any atom is -0.434 e. The summed E-state index contributed by atoms with van der Waals surface area (Å²) < 4.78 is 28.4. The minimum atomic E-state index is -2.85. The van der Waals surface area contributed by atoms with E-state index in [-0.39, 0.29) is 12.3 Å². The van der Waals surface area contributed by atoms with Gasteiger partial charge in [-0.2, -0.15) is 8.78 Å². The van der Waals surface area contributed by atoms with Gasteiger partial charge in [-0.1, -0.05) is 35.5 Å². The zero-order valence-electron chi connectivity index (χ0n) is 8.25. The first-order chi connectivity index (χ1) is 7.74. The maximum atomic E-state index is 12.0. The van der Waals surface area contributed by atoms with Gasteiger partial charge in [0, 0.05) is 17.0 Å². The summed E-state index contributed by atoms with van der Waals surface area (Å²) in [5.74, 6) is 0.0923. The van der Waals surface area contributed by atoms with Crippen LogP contribution in [0, 0.1) is 0 Å². The third kappa shape index (κ3) is 3.98. The Kier molecular flexibility index (Phi) is 4.82. The van der Waals surface area contributed by atoms with E-state index in [9.17, 15) is 8.78 Å². The van der Waals surface area contributed by atoms with Gasteiger partial charge in [0.05, 0.1) is 0 Å². The Morgan fingerprint density at radius 1 is 1.44 bits per heavy atom. The first-order valence-corrected chi connectivity index (χ1v) is 4.45. The maximum Gasteiger partial charge on any atom is 0.387 e. The Hall–Kier alpha value is -2.07. The van der Waals surface area contributed by atoms with Gasteiger partial charge in [0.15, 0.2) is 0 Å². The van der Waals surface area contributed by atoms with Crippen molar-refractivity contribution in [2.75, 3.05) is 6.54 Å². The molecule has 1 aromatic rings. The third-order valence-electron chi connectivity index (χ3n) is 1.68. The molecule has 0 aliphatic rings. The highest BCUT2D eigenvalue weighted by molar-refractivity contribution is 5.57. The van der Waals surface area contributed by atoms with Crippen LogP contribution in [0.1, 0.15) is 5.56 Å². The lowest BCUT2D eigenvalue weighted by Crippen LogP contribution is -2.02. The molecule has 0 aromatic heterocycles. The van der Waals surface area contributed by atoms with Crippen LogP contribution in [0.5, 0.6) is 5.75 Å². The number of azide groups is 1. The van der Waals surface area contributed by atoms with Gasteiger partial charge in [0.25, 0.3) is 0 Å². The van der Waals surface area contributed by atoms with Crippen LogP contribution >= 0.6 is 0 Å². The smallest absolute Gasteiger partial charge is 0.387 e. The quantitative estimate of drug-likeness (QED) is 0.429. The Morgan fingerprint density at radius 2 is 2.19 bits per heavy atom. The van der Waals surface area contributed by atoms with E-state index >= 15 is 0 Å². The van der Waals surface area contributed by atoms with Gasteiger partial charge in [0.1, 0.15) is 5.75 Å². The highest BCUT2D eigenvalue weighted by Crippen LogP contribution is 2.21. The number of rotatable bonds is 5. The van der Waals surface area contributed by atoms with E-state index < -0.39 is 6.61 Å². The molecule has 84 valence electrons. The van der Waals surface area contributed by atoms with Crippen molar-refractivity contribution in [2.45, 2.75) is 6.61 Å². The molecule has 0 amide bonds. The van der Waals surface area contributed by atoms with Crippen LogP contribution in [0.4, 0.5) is 8.78 Å². The summed E-state index contributed by atoms with van der Waals surface area (Å²) in [5, 5.41) is 3.28. The highest BCUT2D eigenvalue weighted by atomic mass is 19.3. The molecule has 0 N–H and O–H groups in total. The fraction of sp³-hybridized carbons (Fsp3) is 0.200. The van der Waals surface area contributed by atoms with E-state index in [4.69, 9.17) is 5.53 Å². The topological polar surface area (TPSA) is 58.0 Å². The molecule has 0 atom stereocenters. The molecule has 0 radical (unpaired) electrons. The molecule has 4 nitrogen and oxygen atoms in total. The van der Waals surface area contributed by atoms with Gasteiger partial charge in [-0.3, -0.25) is 0 Å². The van der Waals surface area contributed by atoms with E-state index in [0.29, 0.717) is 5.56 Å². The molecule has 0 aliphatic carbocycles. The number of nitrogens with zero attached hydrogens (tertiary/aromatic N) is 3. The Labute approximate surface area is 90.8 Å². The second kappa shape index (κ2) is 6.42. The summed E-state index contributed by atoms with van der Waals surface area (Å²) in [7, 11) is 0. The van der Waals surface area contributed by atoms with Crippen molar-refractivity contribution in [3.8, 4) is 5.75 Å². The Morgan fingerprint density at radius 3 is 2.88 bits per heavy atom. The van der Waals surface area contributed by atoms with Gasteiger partial charge in [0.2, 0.25) is 0 Å². The molecule has 0 unspecified atom stereocenters. The lowest BCUT2D eigenvalue weighted by molar-refractivity contribution is -0.0499. The van der Waals surface area contributed by atoms with Crippen molar-refractivity contribution in [3.63, 3.8) is 0 Å². The van der Waals surface area contributed by atoms with Crippen LogP contribution in [-0.4, -0.2) is 13.2 Å². The summed E-state index contributed by atoms with van der Waals surface area (Å²) in [5.41, 5.74) is 8.55. The van der Waals surface area contributed by atoms with Gasteiger partial charge < -0.3 is 4.74 Å². The van der Waals surface area contributed by atoms with Crippen LogP contribution < -0.4 is 4.74 Å². The second-order valence-electron chi connectivity index (χ2n) is 2.73. The minimum absolute atomic E-state index is 0.0923. The number of halogens is 2. The predicted molar refractivity (Wildman–Crippen MR) is 56.1 cm³/mol. The molecule has 0 saturated heterocycles. The SMILES string of the molecule is [N-]=[N+]=NCC=Cc1ccccc1OC(F)F. The molecule has 0 spiro atoms. The van der Waals surface area contributed by atoms with Crippen molar-refractivity contribution in [3.05, 3.63) is 46.3 Å². The molecule has 0 heterocycles. The number of hydrogen-bond donors (Lipinski definition) is 0. The fourth-order valence-corrected chi connectivity index (χ4v) is 1.08. The van der Waals surface area contributed by atoms with Crippen LogP contribution in [0.3, 0.4) is 0 Å². The van der Waals surface area contributed by atoms with Crippen molar-refractivity contribution in [2.24, 2.45) is 5.11 Å². The number of alkyl halides is 2. The lowest BCUT2D eigenvalue weighted by Gasteiger charge is -2.06. The first-order valence-electron chi connectivity index (χ1n) is 4.45. The molecule has 6 heteroatoms. The average Bonchev–Trinajstić information content (AvgIpc) is 2.26. The largest absolute Gasteiger partial charge is 0.434 e. The summed E-state index contributed by atoms with van der Waals surface area (Å²) in [6.07, 6.45) is 3.12. The molecule has 16 heavy (non-hydrogen) atoms. The van der Waals surface area contributed by atoms with Crippen LogP contribution in [0.2, 0.25) is 0 Å². The zero-order chi connectivity index (χ0) is 11.8. The van der Waals surface area contributed by atoms with Crippen molar-refractivity contribution in [1.82, 2.24) is 0 Å². The third-order valence-corrected chi connectivity index (χ3v) is 1.68. The molecular weight excluding hydrogens is 216 g/mol. The molecule has 1 rings (SSSR count). The normalized spacial score (nSPS) is 10.4. The fourth-order valence-electron chi connectivity index (χ4n) is 1.08. The first kappa shape index (κ1) is 12.0. The standard InChI is InChI=1S/C10H9F2N3O/c11-10(12)16-9-6-2-1-4-8(9)5-3-7-14-15-13/h1-6,10H,7H2. The van der Waals surface area contributed by atoms with Crippen molar-refractivity contribution >= 4 is 6.08 Å². The number of ether oxygens (including phenoxy) is 1. The Bertz CT molecular complexity index is 414. The monoisotopic (exact) mass is 225 g/mol. The molecule has 0 bridgehead atoms. The van der Waals surface area contributed by atoms with Crippen LogP contribution in [0.15, 0.2) is 35.5 Å². The second-order valence-corrected chi connectivity index (χ2v) is 2.73. The molecule has 0 saturated carbocycles. The van der Waals surface area contributed by atoms with E-state index in [0.717, 1.165) is 0 Å². The predicted octanol–water partition coefficient (Wildman–Crippen LogP) is 3.61.